The van der Waals surface area contributed by atoms with E-state index in [2.05, 4.69) is 10.6 Å². The predicted octanol–water partition coefficient (Wildman–Crippen LogP) is 0.265. The van der Waals surface area contributed by atoms with Gasteiger partial charge in [-0.15, -0.1) is 0 Å². The first-order valence-electron chi connectivity index (χ1n) is 4.33. The Labute approximate surface area is 67.5 Å². The first kappa shape index (κ1) is 8.53. The SMILES string of the molecule is CCNC(=O)CC1CCCN1. The summed E-state index contributed by atoms with van der Waals surface area (Å²) in [4.78, 5) is 11.0. The molecule has 1 fully saturated rings. The molecule has 0 aliphatic carbocycles. The zero-order valence-corrected chi connectivity index (χ0v) is 7.02. The van der Waals surface area contributed by atoms with E-state index in [-0.39, 0.29) is 5.91 Å². The normalized spacial score (nSPS) is 23.5. The minimum absolute atomic E-state index is 0.173. The fourth-order valence-electron chi connectivity index (χ4n) is 1.42. The van der Waals surface area contributed by atoms with Crippen molar-refractivity contribution in [1.82, 2.24) is 10.6 Å². The summed E-state index contributed by atoms with van der Waals surface area (Å²) in [7, 11) is 0. The molecule has 1 atom stereocenters. The molecule has 1 heterocycles. The van der Waals surface area contributed by atoms with Gasteiger partial charge in [0.2, 0.25) is 5.91 Å². The van der Waals surface area contributed by atoms with Gasteiger partial charge in [0, 0.05) is 19.0 Å². The second kappa shape index (κ2) is 4.34. The van der Waals surface area contributed by atoms with Gasteiger partial charge >= 0.3 is 0 Å². The van der Waals surface area contributed by atoms with E-state index in [4.69, 9.17) is 0 Å². The fourth-order valence-corrected chi connectivity index (χ4v) is 1.42. The fraction of sp³-hybridized carbons (Fsp3) is 0.875. The zero-order valence-electron chi connectivity index (χ0n) is 7.02. The summed E-state index contributed by atoms with van der Waals surface area (Å²) < 4.78 is 0. The molecule has 2 N–H and O–H groups in total. The van der Waals surface area contributed by atoms with E-state index in [0.717, 1.165) is 19.5 Å². The minimum atomic E-state index is 0.173. The van der Waals surface area contributed by atoms with E-state index in [0.29, 0.717) is 12.5 Å². The molecule has 0 aromatic carbocycles. The number of amides is 1. The van der Waals surface area contributed by atoms with E-state index in [1.165, 1.54) is 6.42 Å². The molecular weight excluding hydrogens is 140 g/mol. The van der Waals surface area contributed by atoms with E-state index in [1.54, 1.807) is 0 Å². The van der Waals surface area contributed by atoms with E-state index in [1.807, 2.05) is 6.92 Å². The lowest BCUT2D eigenvalue weighted by atomic mass is 10.1. The van der Waals surface area contributed by atoms with Gasteiger partial charge in [-0.25, -0.2) is 0 Å². The predicted molar refractivity (Wildman–Crippen MR) is 44.3 cm³/mol. The third-order valence-corrected chi connectivity index (χ3v) is 1.97. The first-order chi connectivity index (χ1) is 5.33. The summed E-state index contributed by atoms with van der Waals surface area (Å²) in [5.41, 5.74) is 0. The Hall–Kier alpha value is -0.570. The van der Waals surface area contributed by atoms with Gasteiger partial charge in [-0.2, -0.15) is 0 Å². The molecule has 0 bridgehead atoms. The molecule has 1 amide bonds. The highest BCUT2D eigenvalue weighted by atomic mass is 16.1. The molecule has 1 saturated heterocycles. The lowest BCUT2D eigenvalue weighted by molar-refractivity contribution is -0.121. The smallest absolute Gasteiger partial charge is 0.221 e. The second-order valence-corrected chi connectivity index (χ2v) is 2.95. The summed E-state index contributed by atoms with van der Waals surface area (Å²) in [6, 6.07) is 0.432. The van der Waals surface area contributed by atoms with Crippen LogP contribution in [0.4, 0.5) is 0 Å². The van der Waals surface area contributed by atoms with E-state index < -0.39 is 0 Å². The molecule has 1 aliphatic rings. The maximum Gasteiger partial charge on any atom is 0.221 e. The van der Waals surface area contributed by atoms with Gasteiger partial charge in [0.25, 0.3) is 0 Å². The van der Waals surface area contributed by atoms with Gasteiger partial charge in [-0.3, -0.25) is 4.79 Å². The highest BCUT2D eigenvalue weighted by molar-refractivity contribution is 5.76. The van der Waals surface area contributed by atoms with Crippen LogP contribution in [0.25, 0.3) is 0 Å². The molecule has 0 radical (unpaired) electrons. The number of hydrogen-bond donors (Lipinski definition) is 2. The van der Waals surface area contributed by atoms with E-state index >= 15 is 0 Å². The lowest BCUT2D eigenvalue weighted by Crippen LogP contribution is -2.31. The summed E-state index contributed by atoms with van der Waals surface area (Å²) in [5, 5.41) is 6.08. The Bertz CT molecular complexity index is 130. The molecule has 0 aromatic rings. The molecule has 3 heteroatoms. The summed E-state index contributed by atoms with van der Waals surface area (Å²) in [6.45, 7) is 3.76. The zero-order chi connectivity index (χ0) is 8.10. The topological polar surface area (TPSA) is 41.1 Å². The van der Waals surface area contributed by atoms with Crippen LogP contribution >= 0.6 is 0 Å². The summed E-state index contributed by atoms with van der Waals surface area (Å²) in [5.74, 6) is 0.173. The van der Waals surface area contributed by atoms with Crippen LogP contribution in [0.1, 0.15) is 26.2 Å². The average molecular weight is 156 g/mol. The van der Waals surface area contributed by atoms with Crippen molar-refractivity contribution < 1.29 is 4.79 Å². The molecule has 1 rings (SSSR count). The third kappa shape index (κ3) is 2.89. The first-order valence-corrected chi connectivity index (χ1v) is 4.33. The van der Waals surface area contributed by atoms with Gasteiger partial charge < -0.3 is 10.6 Å². The summed E-state index contributed by atoms with van der Waals surface area (Å²) >= 11 is 0. The Morgan fingerprint density at radius 2 is 2.55 bits per heavy atom. The average Bonchev–Trinajstić information content (AvgIpc) is 2.40. The molecule has 0 aromatic heterocycles. The van der Waals surface area contributed by atoms with Crippen LogP contribution < -0.4 is 10.6 Å². The van der Waals surface area contributed by atoms with Gasteiger partial charge in [0.1, 0.15) is 0 Å². The molecule has 0 spiro atoms. The molecule has 1 aliphatic heterocycles. The van der Waals surface area contributed by atoms with Gasteiger partial charge in [0.15, 0.2) is 0 Å². The van der Waals surface area contributed by atoms with Crippen molar-refractivity contribution >= 4 is 5.91 Å². The monoisotopic (exact) mass is 156 g/mol. The maximum absolute atomic E-state index is 11.0. The Morgan fingerprint density at radius 1 is 1.73 bits per heavy atom. The van der Waals surface area contributed by atoms with Crippen molar-refractivity contribution in [3.63, 3.8) is 0 Å². The highest BCUT2D eigenvalue weighted by Crippen LogP contribution is 2.07. The number of nitrogens with one attached hydrogen (secondary N) is 2. The Morgan fingerprint density at radius 3 is 3.09 bits per heavy atom. The highest BCUT2D eigenvalue weighted by Gasteiger charge is 2.16. The number of carbonyl (C=O) groups is 1. The van der Waals surface area contributed by atoms with Crippen LogP contribution in [-0.2, 0) is 4.79 Å². The second-order valence-electron chi connectivity index (χ2n) is 2.95. The molecule has 1 unspecified atom stereocenters. The van der Waals surface area contributed by atoms with Crippen LogP contribution in [0, 0.1) is 0 Å². The van der Waals surface area contributed by atoms with Crippen LogP contribution in [0.15, 0.2) is 0 Å². The van der Waals surface area contributed by atoms with Crippen molar-refractivity contribution in [3.8, 4) is 0 Å². The Kier molecular flexibility index (Phi) is 3.36. The molecular formula is C8H16N2O. The minimum Gasteiger partial charge on any atom is -0.356 e. The third-order valence-electron chi connectivity index (χ3n) is 1.97. The number of carbonyl (C=O) groups excluding carboxylic acids is 1. The van der Waals surface area contributed by atoms with Gasteiger partial charge in [0.05, 0.1) is 0 Å². The molecule has 0 saturated carbocycles. The van der Waals surface area contributed by atoms with Crippen molar-refractivity contribution in [2.45, 2.75) is 32.2 Å². The molecule has 11 heavy (non-hydrogen) atoms. The number of hydrogen-bond acceptors (Lipinski definition) is 2. The van der Waals surface area contributed by atoms with Crippen molar-refractivity contribution in [3.05, 3.63) is 0 Å². The van der Waals surface area contributed by atoms with Gasteiger partial charge in [-0.1, -0.05) is 0 Å². The van der Waals surface area contributed by atoms with E-state index in [9.17, 15) is 4.79 Å². The largest absolute Gasteiger partial charge is 0.356 e. The standard InChI is InChI=1S/C8H16N2O/c1-2-9-8(11)6-7-4-3-5-10-7/h7,10H,2-6H2,1H3,(H,9,11). The number of rotatable bonds is 3. The van der Waals surface area contributed by atoms with Gasteiger partial charge in [-0.05, 0) is 26.3 Å². The van der Waals surface area contributed by atoms with Crippen LogP contribution in [0.5, 0.6) is 0 Å². The van der Waals surface area contributed by atoms with Crippen molar-refractivity contribution in [2.75, 3.05) is 13.1 Å². The van der Waals surface area contributed by atoms with Crippen LogP contribution in [0.2, 0.25) is 0 Å². The molecule has 3 nitrogen and oxygen atoms in total. The molecule has 64 valence electrons. The summed E-state index contributed by atoms with van der Waals surface area (Å²) in [6.07, 6.45) is 3.01. The van der Waals surface area contributed by atoms with Crippen LogP contribution in [-0.4, -0.2) is 25.0 Å². The quantitative estimate of drug-likeness (QED) is 0.615. The van der Waals surface area contributed by atoms with Crippen molar-refractivity contribution in [2.24, 2.45) is 0 Å². The maximum atomic E-state index is 11.0. The van der Waals surface area contributed by atoms with Crippen LogP contribution in [0.3, 0.4) is 0 Å². The van der Waals surface area contributed by atoms with Crippen molar-refractivity contribution in [1.29, 1.82) is 0 Å². The Balaban J connectivity index is 2.13. The lowest BCUT2D eigenvalue weighted by Gasteiger charge is -2.08.